The highest BCUT2D eigenvalue weighted by atomic mass is 16.5. The maximum atomic E-state index is 11.5. The van der Waals surface area contributed by atoms with Crippen LogP contribution in [-0.4, -0.2) is 37.7 Å². The Hall–Kier alpha value is -0.610. The van der Waals surface area contributed by atoms with E-state index in [0.717, 1.165) is 13.0 Å². The first-order valence-corrected chi connectivity index (χ1v) is 5.48. The van der Waals surface area contributed by atoms with Crippen LogP contribution in [0.5, 0.6) is 0 Å². The second-order valence-corrected chi connectivity index (χ2v) is 4.46. The van der Waals surface area contributed by atoms with E-state index < -0.39 is 0 Å². The standard InChI is InChI=1S/C11H24N2O2/c1-6-11(3,4)13-10(14)8-15-9(2)7-12-5/h9,12H,6-8H2,1-5H3,(H,13,14). The highest BCUT2D eigenvalue weighted by Gasteiger charge is 2.17. The largest absolute Gasteiger partial charge is 0.367 e. The molecular formula is C11H24N2O2. The van der Waals surface area contributed by atoms with E-state index in [1.165, 1.54) is 0 Å². The highest BCUT2D eigenvalue weighted by molar-refractivity contribution is 5.77. The van der Waals surface area contributed by atoms with Crippen LogP contribution in [0.2, 0.25) is 0 Å². The third kappa shape index (κ3) is 7.33. The van der Waals surface area contributed by atoms with Gasteiger partial charge in [0.2, 0.25) is 5.91 Å². The van der Waals surface area contributed by atoms with E-state index in [2.05, 4.69) is 10.6 Å². The summed E-state index contributed by atoms with van der Waals surface area (Å²) in [5.41, 5.74) is -0.146. The molecule has 4 nitrogen and oxygen atoms in total. The molecule has 0 saturated carbocycles. The lowest BCUT2D eigenvalue weighted by Gasteiger charge is -2.24. The summed E-state index contributed by atoms with van der Waals surface area (Å²) < 4.78 is 5.36. The van der Waals surface area contributed by atoms with Gasteiger partial charge in [-0.25, -0.2) is 0 Å². The van der Waals surface area contributed by atoms with Gasteiger partial charge in [0.15, 0.2) is 0 Å². The number of nitrogens with one attached hydrogen (secondary N) is 2. The van der Waals surface area contributed by atoms with Crippen molar-refractivity contribution in [3.8, 4) is 0 Å². The number of rotatable bonds is 7. The molecule has 0 rings (SSSR count). The summed E-state index contributed by atoms with van der Waals surface area (Å²) in [6.45, 7) is 8.88. The van der Waals surface area contributed by atoms with Gasteiger partial charge in [0, 0.05) is 12.1 Å². The van der Waals surface area contributed by atoms with Gasteiger partial charge >= 0.3 is 0 Å². The Morgan fingerprint density at radius 1 is 1.47 bits per heavy atom. The molecule has 1 unspecified atom stereocenters. The minimum absolute atomic E-state index is 0.0511. The molecule has 0 aromatic carbocycles. The van der Waals surface area contributed by atoms with Crippen LogP contribution >= 0.6 is 0 Å². The highest BCUT2D eigenvalue weighted by Crippen LogP contribution is 2.06. The van der Waals surface area contributed by atoms with Crippen molar-refractivity contribution in [2.45, 2.75) is 45.8 Å². The lowest BCUT2D eigenvalue weighted by molar-refractivity contribution is -0.129. The average Bonchev–Trinajstić information content (AvgIpc) is 2.15. The Labute approximate surface area is 92.8 Å². The van der Waals surface area contributed by atoms with Crippen LogP contribution < -0.4 is 10.6 Å². The van der Waals surface area contributed by atoms with Crippen LogP contribution in [0.25, 0.3) is 0 Å². The quantitative estimate of drug-likeness (QED) is 0.665. The van der Waals surface area contributed by atoms with Crippen LogP contribution in [-0.2, 0) is 9.53 Å². The molecule has 1 amide bonds. The fourth-order valence-corrected chi connectivity index (χ4v) is 1.07. The summed E-state index contributed by atoms with van der Waals surface area (Å²) in [4.78, 5) is 11.5. The molecule has 0 fully saturated rings. The Morgan fingerprint density at radius 3 is 2.53 bits per heavy atom. The second-order valence-electron chi connectivity index (χ2n) is 4.46. The van der Waals surface area contributed by atoms with Crippen LogP contribution in [0.3, 0.4) is 0 Å². The van der Waals surface area contributed by atoms with Crippen molar-refractivity contribution in [1.29, 1.82) is 0 Å². The predicted molar refractivity (Wildman–Crippen MR) is 61.9 cm³/mol. The molecule has 0 aromatic rings. The minimum Gasteiger partial charge on any atom is -0.367 e. The van der Waals surface area contributed by atoms with E-state index in [0.29, 0.717) is 0 Å². The maximum absolute atomic E-state index is 11.5. The van der Waals surface area contributed by atoms with Gasteiger partial charge in [-0.1, -0.05) is 6.92 Å². The fourth-order valence-electron chi connectivity index (χ4n) is 1.07. The molecule has 0 aliphatic heterocycles. The molecule has 0 spiro atoms. The smallest absolute Gasteiger partial charge is 0.246 e. The van der Waals surface area contributed by atoms with E-state index in [4.69, 9.17) is 4.74 Å². The fraction of sp³-hybridized carbons (Fsp3) is 0.909. The number of hydrogen-bond acceptors (Lipinski definition) is 3. The van der Waals surface area contributed by atoms with Gasteiger partial charge in [-0.2, -0.15) is 0 Å². The molecule has 0 aliphatic carbocycles. The van der Waals surface area contributed by atoms with Gasteiger partial charge in [0.25, 0.3) is 0 Å². The molecule has 15 heavy (non-hydrogen) atoms. The third-order valence-electron chi connectivity index (χ3n) is 2.35. The van der Waals surface area contributed by atoms with Crippen LogP contribution in [0.4, 0.5) is 0 Å². The molecular weight excluding hydrogens is 192 g/mol. The number of carbonyl (C=O) groups is 1. The van der Waals surface area contributed by atoms with Crippen molar-refractivity contribution >= 4 is 5.91 Å². The Balaban J connectivity index is 3.75. The van der Waals surface area contributed by atoms with E-state index in [1.54, 1.807) is 0 Å². The first-order chi connectivity index (χ1) is 6.91. The molecule has 0 bridgehead atoms. The molecule has 0 radical (unpaired) electrons. The molecule has 1 atom stereocenters. The molecule has 0 heterocycles. The number of ether oxygens (including phenoxy) is 1. The maximum Gasteiger partial charge on any atom is 0.246 e. The summed E-state index contributed by atoms with van der Waals surface area (Å²) in [5.74, 6) is -0.0511. The molecule has 0 aliphatic rings. The van der Waals surface area contributed by atoms with E-state index in [-0.39, 0.29) is 24.2 Å². The Bertz CT molecular complexity index is 193. The summed E-state index contributed by atoms with van der Waals surface area (Å²) in [6, 6.07) is 0. The molecule has 0 aromatic heterocycles. The van der Waals surface area contributed by atoms with Crippen molar-refractivity contribution in [3.05, 3.63) is 0 Å². The van der Waals surface area contributed by atoms with Gasteiger partial charge in [0.05, 0.1) is 6.10 Å². The number of carbonyl (C=O) groups excluding carboxylic acids is 1. The first-order valence-electron chi connectivity index (χ1n) is 5.48. The molecule has 90 valence electrons. The average molecular weight is 216 g/mol. The zero-order valence-corrected chi connectivity index (χ0v) is 10.5. The summed E-state index contributed by atoms with van der Waals surface area (Å²) in [6.07, 6.45) is 0.968. The lowest BCUT2D eigenvalue weighted by Crippen LogP contribution is -2.45. The van der Waals surface area contributed by atoms with Gasteiger partial charge in [-0.15, -0.1) is 0 Å². The molecule has 0 saturated heterocycles. The first kappa shape index (κ1) is 14.4. The topological polar surface area (TPSA) is 50.4 Å². The zero-order valence-electron chi connectivity index (χ0n) is 10.5. The third-order valence-corrected chi connectivity index (χ3v) is 2.35. The normalized spacial score (nSPS) is 13.7. The number of amides is 1. The van der Waals surface area contributed by atoms with E-state index >= 15 is 0 Å². The summed E-state index contributed by atoms with van der Waals surface area (Å²) in [5, 5.41) is 5.91. The van der Waals surface area contributed by atoms with E-state index in [1.807, 2.05) is 34.7 Å². The van der Waals surface area contributed by atoms with Crippen LogP contribution in [0.1, 0.15) is 34.1 Å². The minimum atomic E-state index is -0.146. The van der Waals surface area contributed by atoms with Crippen molar-refractivity contribution < 1.29 is 9.53 Å². The van der Waals surface area contributed by atoms with Gasteiger partial charge < -0.3 is 15.4 Å². The van der Waals surface area contributed by atoms with Crippen LogP contribution in [0, 0.1) is 0 Å². The molecule has 4 heteroatoms. The monoisotopic (exact) mass is 216 g/mol. The zero-order chi connectivity index (χ0) is 11.9. The van der Waals surface area contributed by atoms with E-state index in [9.17, 15) is 4.79 Å². The molecule has 2 N–H and O–H groups in total. The van der Waals surface area contributed by atoms with Gasteiger partial charge in [0.1, 0.15) is 6.61 Å². The predicted octanol–water partition coefficient (Wildman–Crippen LogP) is 0.916. The number of hydrogen-bond donors (Lipinski definition) is 2. The van der Waals surface area contributed by atoms with Crippen LogP contribution in [0.15, 0.2) is 0 Å². The Morgan fingerprint density at radius 2 is 2.07 bits per heavy atom. The van der Waals surface area contributed by atoms with Crippen molar-refractivity contribution in [3.63, 3.8) is 0 Å². The summed E-state index contributed by atoms with van der Waals surface area (Å²) >= 11 is 0. The van der Waals surface area contributed by atoms with Gasteiger partial charge in [-0.05, 0) is 34.2 Å². The lowest BCUT2D eigenvalue weighted by atomic mass is 10.0. The van der Waals surface area contributed by atoms with Crippen molar-refractivity contribution in [2.75, 3.05) is 20.2 Å². The summed E-state index contributed by atoms with van der Waals surface area (Å²) in [7, 11) is 1.86. The van der Waals surface area contributed by atoms with Crippen molar-refractivity contribution in [1.82, 2.24) is 10.6 Å². The number of likely N-dealkylation sites (N-methyl/N-ethyl adjacent to an activating group) is 1. The van der Waals surface area contributed by atoms with Crippen molar-refractivity contribution in [2.24, 2.45) is 0 Å². The van der Waals surface area contributed by atoms with Gasteiger partial charge in [-0.3, -0.25) is 4.79 Å². The SMILES string of the molecule is CCC(C)(C)NC(=O)COC(C)CNC. The Kier molecular flexibility index (Phi) is 6.52. The second kappa shape index (κ2) is 6.80.